The molecule has 0 aliphatic heterocycles. The van der Waals surface area contributed by atoms with Crippen molar-refractivity contribution in [3.8, 4) is 0 Å². The number of amides is 1. The Morgan fingerprint density at radius 2 is 1.79 bits per heavy atom. The Morgan fingerprint density at radius 3 is 2.42 bits per heavy atom. The predicted octanol–water partition coefficient (Wildman–Crippen LogP) is 4.22. The molecule has 210 valence electrons. The Labute approximate surface area is 227 Å². The summed E-state index contributed by atoms with van der Waals surface area (Å²) in [5.41, 5.74) is 2.71. The minimum absolute atomic E-state index is 0.121. The summed E-state index contributed by atoms with van der Waals surface area (Å²) in [4.78, 5) is 15.6. The summed E-state index contributed by atoms with van der Waals surface area (Å²) >= 11 is 0. The quantitative estimate of drug-likeness (QED) is 0.277. The van der Waals surface area contributed by atoms with Gasteiger partial charge in [0.15, 0.2) is 0 Å². The maximum Gasteiger partial charge on any atom is 0.241 e. The first-order chi connectivity index (χ1) is 18.0. The topological polar surface area (TPSA) is 109 Å². The van der Waals surface area contributed by atoms with Crippen LogP contribution in [0.15, 0.2) is 45.9 Å². The fourth-order valence-electron chi connectivity index (χ4n) is 4.49. The number of nitrogens with one attached hydrogen (secondary N) is 2. The van der Waals surface area contributed by atoms with Crippen molar-refractivity contribution in [3.05, 3.63) is 48.0 Å². The van der Waals surface area contributed by atoms with E-state index in [4.69, 9.17) is 4.42 Å². The van der Waals surface area contributed by atoms with Crippen LogP contribution in [-0.2, 0) is 28.4 Å². The molecule has 2 heterocycles. The summed E-state index contributed by atoms with van der Waals surface area (Å²) < 4.78 is 36.7. The molecule has 0 bridgehead atoms. The largest absolute Gasteiger partial charge is 0.464 e. The lowest BCUT2D eigenvalue weighted by atomic mass is 10.1. The standard InChI is InChI=1S/C28H43N5O4S/c1-20(2)18-33(19-21(3)4)28(34)26(9-7-8-13-29-17-24-15-22(5)32(6)30-24)31-38(35,36)25-10-11-27-23(16-25)12-14-37-27/h10-12,14-16,20-21,26,29,31H,7-9,13,17-19H2,1-6H3/t26-/m0/s1. The zero-order valence-corrected chi connectivity index (χ0v) is 24.3. The zero-order chi connectivity index (χ0) is 27.9. The summed E-state index contributed by atoms with van der Waals surface area (Å²) in [5.74, 6) is 0.382. The third kappa shape index (κ3) is 8.41. The van der Waals surface area contributed by atoms with Crippen molar-refractivity contribution < 1.29 is 17.6 Å². The molecule has 1 amide bonds. The van der Waals surface area contributed by atoms with Gasteiger partial charge in [0.05, 0.1) is 16.9 Å². The van der Waals surface area contributed by atoms with Crippen LogP contribution in [0, 0.1) is 18.8 Å². The van der Waals surface area contributed by atoms with Gasteiger partial charge in [-0.15, -0.1) is 0 Å². The van der Waals surface area contributed by atoms with Crippen LogP contribution in [0.25, 0.3) is 11.0 Å². The number of benzene rings is 1. The Kier molecular flexibility index (Phi) is 10.5. The average molecular weight is 546 g/mol. The van der Waals surface area contributed by atoms with E-state index >= 15 is 0 Å². The van der Waals surface area contributed by atoms with Gasteiger partial charge in [-0.05, 0) is 68.5 Å². The fraction of sp³-hybridized carbons (Fsp3) is 0.571. The van der Waals surface area contributed by atoms with Gasteiger partial charge in [-0.25, -0.2) is 8.42 Å². The molecular weight excluding hydrogens is 502 g/mol. The van der Waals surface area contributed by atoms with E-state index in [1.165, 1.54) is 12.3 Å². The Morgan fingerprint density at radius 1 is 1.08 bits per heavy atom. The summed E-state index contributed by atoms with van der Waals surface area (Å²) in [6.07, 6.45) is 3.46. The van der Waals surface area contributed by atoms with Crippen molar-refractivity contribution >= 4 is 26.9 Å². The lowest BCUT2D eigenvalue weighted by Gasteiger charge is -2.30. The van der Waals surface area contributed by atoms with Crippen LogP contribution in [0.2, 0.25) is 0 Å². The van der Waals surface area contributed by atoms with Gasteiger partial charge in [-0.1, -0.05) is 34.1 Å². The molecule has 38 heavy (non-hydrogen) atoms. The normalized spacial score (nSPS) is 13.1. The molecular formula is C28H43N5O4S. The molecule has 10 heteroatoms. The van der Waals surface area contributed by atoms with Crippen molar-refractivity contribution in [2.24, 2.45) is 18.9 Å². The average Bonchev–Trinajstić information content (AvgIpc) is 3.44. The van der Waals surface area contributed by atoms with Gasteiger partial charge in [0, 0.05) is 37.8 Å². The lowest BCUT2D eigenvalue weighted by Crippen LogP contribution is -2.50. The van der Waals surface area contributed by atoms with Crippen LogP contribution < -0.4 is 10.0 Å². The van der Waals surface area contributed by atoms with Gasteiger partial charge in [0.1, 0.15) is 11.6 Å². The number of aromatic nitrogens is 2. The number of rotatable bonds is 15. The molecule has 0 saturated heterocycles. The van der Waals surface area contributed by atoms with Crippen LogP contribution in [0.1, 0.15) is 58.3 Å². The number of carbonyl (C=O) groups is 1. The molecule has 1 atom stereocenters. The number of hydrogen-bond acceptors (Lipinski definition) is 6. The molecule has 9 nitrogen and oxygen atoms in total. The maximum absolute atomic E-state index is 13.7. The molecule has 0 spiro atoms. The Balaban J connectivity index is 1.68. The van der Waals surface area contributed by atoms with Gasteiger partial charge < -0.3 is 14.6 Å². The van der Waals surface area contributed by atoms with E-state index in [0.29, 0.717) is 43.4 Å². The summed E-state index contributed by atoms with van der Waals surface area (Å²) in [5, 5.41) is 8.54. The SMILES string of the molecule is Cc1cc(CNCCCC[C@H](NS(=O)(=O)c2ccc3occc3c2)C(=O)N(CC(C)C)CC(C)C)nn1C. The minimum atomic E-state index is -3.91. The fourth-order valence-corrected chi connectivity index (χ4v) is 5.75. The van der Waals surface area contributed by atoms with Crippen molar-refractivity contribution in [1.29, 1.82) is 0 Å². The second kappa shape index (κ2) is 13.4. The number of sulfonamides is 1. The smallest absolute Gasteiger partial charge is 0.241 e. The van der Waals surface area contributed by atoms with Gasteiger partial charge in [-0.3, -0.25) is 9.48 Å². The molecule has 0 fully saturated rings. The van der Waals surface area contributed by atoms with Crippen molar-refractivity contribution in [3.63, 3.8) is 0 Å². The van der Waals surface area contributed by atoms with E-state index in [2.05, 4.69) is 48.9 Å². The van der Waals surface area contributed by atoms with E-state index in [-0.39, 0.29) is 22.6 Å². The first kappa shape index (κ1) is 29.9. The number of aryl methyl sites for hydroxylation is 2. The second-order valence-corrected chi connectivity index (χ2v) is 12.6. The Hall–Kier alpha value is -2.69. The molecule has 0 unspecified atom stereocenters. The van der Waals surface area contributed by atoms with Crippen molar-refractivity contribution in [2.75, 3.05) is 19.6 Å². The van der Waals surface area contributed by atoms with Gasteiger partial charge in [0.2, 0.25) is 15.9 Å². The number of nitrogens with zero attached hydrogens (tertiary/aromatic N) is 3. The molecule has 0 saturated carbocycles. The van der Waals surface area contributed by atoms with Gasteiger partial charge >= 0.3 is 0 Å². The van der Waals surface area contributed by atoms with Crippen molar-refractivity contribution in [2.45, 2.75) is 71.4 Å². The third-order valence-corrected chi connectivity index (χ3v) is 7.85. The molecule has 0 aliphatic rings. The van der Waals surface area contributed by atoms with Crippen LogP contribution in [-0.4, -0.2) is 54.7 Å². The highest BCUT2D eigenvalue weighted by atomic mass is 32.2. The highest BCUT2D eigenvalue weighted by Gasteiger charge is 2.30. The summed E-state index contributed by atoms with van der Waals surface area (Å²) in [7, 11) is -1.99. The number of furan rings is 1. The van der Waals surface area contributed by atoms with E-state index in [1.54, 1.807) is 18.2 Å². The van der Waals surface area contributed by atoms with Gasteiger partial charge in [0.25, 0.3) is 0 Å². The molecule has 0 aliphatic carbocycles. The first-order valence-electron chi connectivity index (χ1n) is 13.4. The molecule has 3 rings (SSSR count). The van der Waals surface area contributed by atoms with E-state index in [9.17, 15) is 13.2 Å². The highest BCUT2D eigenvalue weighted by Crippen LogP contribution is 2.21. The van der Waals surface area contributed by atoms with Crippen LogP contribution >= 0.6 is 0 Å². The number of carbonyl (C=O) groups excluding carboxylic acids is 1. The zero-order valence-electron chi connectivity index (χ0n) is 23.5. The third-order valence-electron chi connectivity index (χ3n) is 6.38. The van der Waals surface area contributed by atoms with Crippen molar-refractivity contribution in [1.82, 2.24) is 24.7 Å². The molecule has 1 aromatic carbocycles. The van der Waals surface area contributed by atoms with Crippen LogP contribution in [0.3, 0.4) is 0 Å². The first-order valence-corrected chi connectivity index (χ1v) is 14.9. The Bertz CT molecular complexity index is 1270. The molecule has 0 radical (unpaired) electrons. The summed E-state index contributed by atoms with van der Waals surface area (Å²) in [6.45, 7) is 12.9. The lowest BCUT2D eigenvalue weighted by molar-refractivity contribution is -0.134. The van der Waals surface area contributed by atoms with Crippen LogP contribution in [0.5, 0.6) is 0 Å². The monoisotopic (exact) mass is 545 g/mol. The van der Waals surface area contributed by atoms with E-state index in [0.717, 1.165) is 24.4 Å². The number of fused-ring (bicyclic) bond motifs is 1. The summed E-state index contributed by atoms with van der Waals surface area (Å²) in [6, 6.07) is 7.67. The second-order valence-electron chi connectivity index (χ2n) is 10.9. The number of unbranched alkanes of at least 4 members (excludes halogenated alkanes) is 1. The molecule has 3 aromatic rings. The molecule has 2 N–H and O–H groups in total. The minimum Gasteiger partial charge on any atom is -0.464 e. The van der Waals surface area contributed by atoms with Crippen LogP contribution in [0.4, 0.5) is 0 Å². The predicted molar refractivity (Wildman–Crippen MR) is 150 cm³/mol. The highest BCUT2D eigenvalue weighted by molar-refractivity contribution is 7.89. The number of hydrogen-bond donors (Lipinski definition) is 2. The van der Waals surface area contributed by atoms with E-state index < -0.39 is 16.1 Å². The maximum atomic E-state index is 13.7. The van der Waals surface area contributed by atoms with E-state index in [1.807, 2.05) is 23.6 Å². The molecule has 2 aromatic heterocycles. The van der Waals surface area contributed by atoms with Gasteiger partial charge in [-0.2, -0.15) is 9.82 Å².